The van der Waals surface area contributed by atoms with Crippen LogP contribution in [0.4, 0.5) is 0 Å². The summed E-state index contributed by atoms with van der Waals surface area (Å²) in [5.41, 5.74) is 0.939. The number of carbonyl (C=O) groups excluding carboxylic acids is 1. The summed E-state index contributed by atoms with van der Waals surface area (Å²) in [6, 6.07) is 10.1. The number of aromatic hydroxyl groups is 1. The second-order valence-corrected chi connectivity index (χ2v) is 4.12. The third-order valence-electron chi connectivity index (χ3n) is 2.37. The normalized spacial score (nSPS) is 10.1. The van der Waals surface area contributed by atoms with Crippen molar-refractivity contribution in [3.63, 3.8) is 0 Å². The number of amides is 1. The molecule has 0 bridgehead atoms. The van der Waals surface area contributed by atoms with Crippen LogP contribution in [-0.2, 0) is 6.54 Å². The fraction of sp³-hybridized carbons (Fsp3) is 0.0769. The summed E-state index contributed by atoms with van der Waals surface area (Å²) in [5, 5.41) is 12.8. The van der Waals surface area contributed by atoms with Gasteiger partial charge in [-0.3, -0.25) is 4.79 Å². The summed E-state index contributed by atoms with van der Waals surface area (Å²) < 4.78 is 0. The SMILES string of the molecule is O=C(NCc1ccc(Cl)cc1)c1ncccc1O. The van der Waals surface area contributed by atoms with E-state index in [0.29, 0.717) is 11.6 Å². The number of carbonyl (C=O) groups is 1. The van der Waals surface area contributed by atoms with E-state index in [4.69, 9.17) is 11.6 Å². The van der Waals surface area contributed by atoms with Crippen LogP contribution in [0.25, 0.3) is 0 Å². The van der Waals surface area contributed by atoms with Crippen LogP contribution in [0.3, 0.4) is 0 Å². The molecule has 0 aliphatic carbocycles. The molecule has 0 radical (unpaired) electrons. The fourth-order valence-corrected chi connectivity index (χ4v) is 1.57. The minimum absolute atomic E-state index is 0.0199. The van der Waals surface area contributed by atoms with Crippen LogP contribution in [0.2, 0.25) is 5.02 Å². The molecule has 0 atom stereocenters. The molecule has 0 aliphatic heterocycles. The zero-order valence-corrected chi connectivity index (χ0v) is 10.2. The third-order valence-corrected chi connectivity index (χ3v) is 2.62. The zero-order chi connectivity index (χ0) is 13.0. The van der Waals surface area contributed by atoms with E-state index in [1.807, 2.05) is 12.1 Å². The lowest BCUT2D eigenvalue weighted by Gasteiger charge is -2.06. The van der Waals surface area contributed by atoms with E-state index in [0.717, 1.165) is 5.56 Å². The van der Waals surface area contributed by atoms with Crippen molar-refractivity contribution in [3.05, 3.63) is 58.9 Å². The van der Waals surface area contributed by atoms with Crippen LogP contribution in [0.1, 0.15) is 16.1 Å². The van der Waals surface area contributed by atoms with Gasteiger partial charge in [0.15, 0.2) is 5.69 Å². The lowest BCUT2D eigenvalue weighted by molar-refractivity contribution is 0.0943. The second kappa shape index (κ2) is 5.51. The van der Waals surface area contributed by atoms with E-state index in [2.05, 4.69) is 10.3 Å². The Kier molecular flexibility index (Phi) is 3.79. The largest absolute Gasteiger partial charge is 0.505 e. The highest BCUT2D eigenvalue weighted by atomic mass is 35.5. The first-order valence-electron chi connectivity index (χ1n) is 5.33. The number of hydrogen-bond acceptors (Lipinski definition) is 3. The summed E-state index contributed by atoms with van der Waals surface area (Å²) in [7, 11) is 0. The Morgan fingerprint density at radius 2 is 2.00 bits per heavy atom. The molecule has 0 aliphatic rings. The van der Waals surface area contributed by atoms with E-state index in [1.54, 1.807) is 18.2 Å². The molecule has 18 heavy (non-hydrogen) atoms. The molecule has 0 saturated carbocycles. The molecule has 2 aromatic rings. The van der Waals surface area contributed by atoms with Crippen LogP contribution in [0.5, 0.6) is 5.75 Å². The molecular formula is C13H11ClN2O2. The molecule has 1 aromatic carbocycles. The van der Waals surface area contributed by atoms with Gasteiger partial charge in [0.05, 0.1) is 0 Å². The van der Waals surface area contributed by atoms with Crippen molar-refractivity contribution in [1.29, 1.82) is 0 Å². The number of hydrogen-bond donors (Lipinski definition) is 2. The van der Waals surface area contributed by atoms with Crippen molar-refractivity contribution in [2.24, 2.45) is 0 Å². The average molecular weight is 263 g/mol. The first-order chi connectivity index (χ1) is 8.66. The molecule has 1 aromatic heterocycles. The minimum Gasteiger partial charge on any atom is -0.505 e. The Bertz CT molecular complexity index is 555. The van der Waals surface area contributed by atoms with Gasteiger partial charge in [0, 0.05) is 17.8 Å². The van der Waals surface area contributed by atoms with Crippen molar-refractivity contribution in [3.8, 4) is 5.75 Å². The van der Waals surface area contributed by atoms with Gasteiger partial charge in [0.2, 0.25) is 0 Å². The Hall–Kier alpha value is -2.07. The molecule has 1 heterocycles. The molecule has 0 spiro atoms. The highest BCUT2D eigenvalue weighted by molar-refractivity contribution is 6.30. The Morgan fingerprint density at radius 3 is 2.67 bits per heavy atom. The topological polar surface area (TPSA) is 62.2 Å². The number of nitrogens with zero attached hydrogens (tertiary/aromatic N) is 1. The molecule has 5 heteroatoms. The van der Waals surface area contributed by atoms with Crippen LogP contribution in [0.15, 0.2) is 42.6 Å². The van der Waals surface area contributed by atoms with E-state index in [9.17, 15) is 9.90 Å². The van der Waals surface area contributed by atoms with Gasteiger partial charge in [-0.05, 0) is 29.8 Å². The van der Waals surface area contributed by atoms with E-state index >= 15 is 0 Å². The molecule has 92 valence electrons. The predicted octanol–water partition coefficient (Wildman–Crippen LogP) is 2.37. The number of aromatic nitrogens is 1. The highest BCUT2D eigenvalue weighted by Crippen LogP contribution is 2.13. The van der Waals surface area contributed by atoms with Gasteiger partial charge in [0.25, 0.3) is 5.91 Å². The summed E-state index contributed by atoms with van der Waals surface area (Å²) in [4.78, 5) is 15.6. The molecular weight excluding hydrogens is 252 g/mol. The maximum atomic E-state index is 11.7. The molecule has 2 N–H and O–H groups in total. The van der Waals surface area contributed by atoms with Gasteiger partial charge < -0.3 is 10.4 Å². The van der Waals surface area contributed by atoms with Crippen molar-refractivity contribution in [1.82, 2.24) is 10.3 Å². The third kappa shape index (κ3) is 2.99. The van der Waals surface area contributed by atoms with Crippen molar-refractivity contribution < 1.29 is 9.90 Å². The minimum atomic E-state index is -0.414. The monoisotopic (exact) mass is 262 g/mol. The van der Waals surface area contributed by atoms with Crippen LogP contribution < -0.4 is 5.32 Å². The zero-order valence-electron chi connectivity index (χ0n) is 9.43. The molecule has 0 unspecified atom stereocenters. The molecule has 2 rings (SSSR count). The maximum absolute atomic E-state index is 11.7. The summed E-state index contributed by atoms with van der Waals surface area (Å²) in [5.74, 6) is -0.547. The Morgan fingerprint density at radius 1 is 1.28 bits per heavy atom. The van der Waals surface area contributed by atoms with Crippen molar-refractivity contribution in [2.75, 3.05) is 0 Å². The number of pyridine rings is 1. The van der Waals surface area contributed by atoms with Gasteiger partial charge in [-0.1, -0.05) is 23.7 Å². The molecule has 0 saturated heterocycles. The van der Waals surface area contributed by atoms with Crippen LogP contribution in [-0.4, -0.2) is 16.0 Å². The molecule has 0 fully saturated rings. The lowest BCUT2D eigenvalue weighted by atomic mass is 10.2. The van der Waals surface area contributed by atoms with Crippen LogP contribution in [0, 0.1) is 0 Å². The average Bonchev–Trinajstić information content (AvgIpc) is 2.38. The highest BCUT2D eigenvalue weighted by Gasteiger charge is 2.11. The maximum Gasteiger partial charge on any atom is 0.273 e. The molecule has 1 amide bonds. The first-order valence-corrected chi connectivity index (χ1v) is 5.71. The summed E-state index contributed by atoms with van der Waals surface area (Å²) in [6.07, 6.45) is 1.46. The first kappa shape index (κ1) is 12.4. The van der Waals surface area contributed by atoms with Gasteiger partial charge in [-0.2, -0.15) is 0 Å². The number of benzene rings is 1. The van der Waals surface area contributed by atoms with Crippen molar-refractivity contribution in [2.45, 2.75) is 6.54 Å². The van der Waals surface area contributed by atoms with Gasteiger partial charge >= 0.3 is 0 Å². The van der Waals surface area contributed by atoms with E-state index < -0.39 is 5.91 Å². The second-order valence-electron chi connectivity index (χ2n) is 3.68. The standard InChI is InChI=1S/C13H11ClN2O2/c14-10-5-3-9(4-6-10)8-16-13(18)12-11(17)2-1-7-15-12/h1-7,17H,8H2,(H,16,18). The summed E-state index contributed by atoms with van der Waals surface area (Å²) >= 11 is 5.76. The van der Waals surface area contributed by atoms with Gasteiger partial charge in [0.1, 0.15) is 5.75 Å². The number of rotatable bonds is 3. The number of nitrogens with one attached hydrogen (secondary N) is 1. The predicted molar refractivity (Wildman–Crippen MR) is 68.5 cm³/mol. The van der Waals surface area contributed by atoms with Gasteiger partial charge in [-0.15, -0.1) is 0 Å². The Labute approximate surface area is 109 Å². The van der Waals surface area contributed by atoms with Crippen molar-refractivity contribution >= 4 is 17.5 Å². The fourth-order valence-electron chi connectivity index (χ4n) is 1.44. The van der Waals surface area contributed by atoms with Gasteiger partial charge in [-0.25, -0.2) is 4.98 Å². The van der Waals surface area contributed by atoms with E-state index in [-0.39, 0.29) is 11.4 Å². The quantitative estimate of drug-likeness (QED) is 0.893. The molecule has 4 nitrogen and oxygen atoms in total. The Balaban J connectivity index is 2.01. The lowest BCUT2D eigenvalue weighted by Crippen LogP contribution is -2.23. The number of halogens is 1. The summed E-state index contributed by atoms with van der Waals surface area (Å²) in [6.45, 7) is 0.353. The smallest absolute Gasteiger partial charge is 0.273 e. The van der Waals surface area contributed by atoms with E-state index in [1.165, 1.54) is 12.3 Å². The van der Waals surface area contributed by atoms with Crippen LogP contribution >= 0.6 is 11.6 Å².